The predicted octanol–water partition coefficient (Wildman–Crippen LogP) is 3.78. The molecule has 0 bridgehead atoms. The molecule has 3 rings (SSSR count). The van der Waals surface area contributed by atoms with Crippen LogP contribution >= 0.6 is 24.0 Å². The monoisotopic (exact) mass is 455 g/mol. The Labute approximate surface area is 156 Å². The van der Waals surface area contributed by atoms with Gasteiger partial charge in [0.2, 0.25) is 0 Å². The van der Waals surface area contributed by atoms with Crippen LogP contribution in [0.15, 0.2) is 29.3 Å². The summed E-state index contributed by atoms with van der Waals surface area (Å²) in [7, 11) is 0. The van der Waals surface area contributed by atoms with E-state index in [0.29, 0.717) is 18.2 Å². The first-order valence-corrected chi connectivity index (χ1v) is 7.88. The number of benzene rings is 1. The zero-order chi connectivity index (χ0) is 16.4. The molecule has 2 fully saturated rings. The highest BCUT2D eigenvalue weighted by atomic mass is 127. The number of guanidine groups is 1. The van der Waals surface area contributed by atoms with Crippen LogP contribution in [-0.2, 0) is 0 Å². The molecule has 134 valence electrons. The Morgan fingerprint density at radius 3 is 2.58 bits per heavy atom. The minimum atomic E-state index is -4.67. The highest BCUT2D eigenvalue weighted by Gasteiger charge is 2.42. The van der Waals surface area contributed by atoms with Crippen molar-refractivity contribution in [3.8, 4) is 5.75 Å². The Morgan fingerprint density at radius 1 is 1.25 bits per heavy atom. The first-order valence-electron chi connectivity index (χ1n) is 7.88. The van der Waals surface area contributed by atoms with Crippen molar-refractivity contribution < 1.29 is 17.9 Å². The summed E-state index contributed by atoms with van der Waals surface area (Å²) in [6.07, 6.45) is -1.62. The van der Waals surface area contributed by atoms with Crippen molar-refractivity contribution in [2.75, 3.05) is 6.54 Å². The largest absolute Gasteiger partial charge is 0.573 e. The molecule has 8 heteroatoms. The van der Waals surface area contributed by atoms with Crippen LogP contribution in [0.5, 0.6) is 5.75 Å². The molecular weight excluding hydrogens is 434 g/mol. The van der Waals surface area contributed by atoms with Gasteiger partial charge >= 0.3 is 6.36 Å². The van der Waals surface area contributed by atoms with Crippen molar-refractivity contribution in [1.82, 2.24) is 10.6 Å². The SMILES string of the molecule is CCN=C(NC1CC1)NC1CC1c1ccccc1OC(F)(F)F.I. The van der Waals surface area contributed by atoms with E-state index in [2.05, 4.69) is 20.4 Å². The molecule has 1 aromatic rings. The van der Waals surface area contributed by atoms with Crippen molar-refractivity contribution in [2.45, 2.75) is 50.6 Å². The number of ether oxygens (including phenoxy) is 1. The molecule has 2 aliphatic carbocycles. The summed E-state index contributed by atoms with van der Waals surface area (Å²) in [6, 6.07) is 6.90. The lowest BCUT2D eigenvalue weighted by molar-refractivity contribution is -0.274. The third kappa shape index (κ3) is 5.42. The van der Waals surface area contributed by atoms with E-state index in [1.165, 1.54) is 6.07 Å². The molecule has 0 radical (unpaired) electrons. The van der Waals surface area contributed by atoms with Gasteiger partial charge in [0.1, 0.15) is 5.75 Å². The second kappa shape index (κ2) is 7.79. The minimum absolute atomic E-state index is 0. The molecule has 4 nitrogen and oxygen atoms in total. The van der Waals surface area contributed by atoms with Gasteiger partial charge in [0.25, 0.3) is 0 Å². The number of aliphatic imine (C=N–C) groups is 1. The summed E-state index contributed by atoms with van der Waals surface area (Å²) in [5.74, 6) is 0.645. The molecule has 0 amide bonds. The van der Waals surface area contributed by atoms with Gasteiger partial charge in [0.15, 0.2) is 5.96 Å². The number of hydrogen-bond acceptors (Lipinski definition) is 2. The quantitative estimate of drug-likeness (QED) is 0.404. The topological polar surface area (TPSA) is 45.7 Å². The van der Waals surface area contributed by atoms with Crippen LogP contribution in [0.1, 0.15) is 37.7 Å². The van der Waals surface area contributed by atoms with Gasteiger partial charge in [-0.15, -0.1) is 37.1 Å². The van der Waals surface area contributed by atoms with Crippen molar-refractivity contribution >= 4 is 29.9 Å². The molecule has 0 saturated heterocycles. The normalized spacial score (nSPS) is 23.2. The molecule has 0 aromatic heterocycles. The van der Waals surface area contributed by atoms with Gasteiger partial charge in [-0.05, 0) is 37.8 Å². The molecule has 0 heterocycles. The summed E-state index contributed by atoms with van der Waals surface area (Å²) in [5.41, 5.74) is 0.588. The van der Waals surface area contributed by atoms with E-state index in [4.69, 9.17) is 0 Å². The van der Waals surface area contributed by atoms with Gasteiger partial charge < -0.3 is 15.4 Å². The van der Waals surface area contributed by atoms with Gasteiger partial charge in [0, 0.05) is 24.5 Å². The Kier molecular flexibility index (Phi) is 6.22. The van der Waals surface area contributed by atoms with Crippen LogP contribution in [0, 0.1) is 0 Å². The molecule has 2 N–H and O–H groups in total. The standard InChI is InChI=1S/C16H20F3N3O.HI/c1-2-20-15(21-10-7-8-10)22-13-9-12(13)11-5-3-4-6-14(11)23-16(17,18)19;/h3-6,10,12-13H,2,7-9H2,1H3,(H2,20,21,22);1H. The van der Waals surface area contributed by atoms with Crippen LogP contribution in [0.2, 0.25) is 0 Å². The Morgan fingerprint density at radius 2 is 1.96 bits per heavy atom. The fourth-order valence-corrected chi connectivity index (χ4v) is 2.59. The summed E-state index contributed by atoms with van der Waals surface area (Å²) in [4.78, 5) is 4.38. The zero-order valence-corrected chi connectivity index (χ0v) is 15.6. The van der Waals surface area contributed by atoms with Crippen molar-refractivity contribution in [3.05, 3.63) is 29.8 Å². The molecule has 24 heavy (non-hydrogen) atoms. The fourth-order valence-electron chi connectivity index (χ4n) is 2.59. The molecule has 0 aliphatic heterocycles. The second-order valence-corrected chi connectivity index (χ2v) is 5.92. The van der Waals surface area contributed by atoms with E-state index in [9.17, 15) is 13.2 Å². The van der Waals surface area contributed by atoms with Crippen molar-refractivity contribution in [1.29, 1.82) is 0 Å². The number of hydrogen-bond donors (Lipinski definition) is 2. The number of rotatable bonds is 5. The fraction of sp³-hybridized carbons (Fsp3) is 0.562. The van der Waals surface area contributed by atoms with Gasteiger partial charge in [-0.25, -0.2) is 0 Å². The summed E-state index contributed by atoms with van der Waals surface area (Å²) < 4.78 is 41.6. The lowest BCUT2D eigenvalue weighted by Crippen LogP contribution is -2.40. The maximum atomic E-state index is 12.5. The number of nitrogens with one attached hydrogen (secondary N) is 2. The van der Waals surface area contributed by atoms with Crippen LogP contribution in [0.4, 0.5) is 13.2 Å². The second-order valence-electron chi connectivity index (χ2n) is 5.92. The summed E-state index contributed by atoms with van der Waals surface area (Å²) in [5, 5.41) is 6.62. The van der Waals surface area contributed by atoms with E-state index in [-0.39, 0.29) is 41.7 Å². The van der Waals surface area contributed by atoms with Crippen LogP contribution in [0.3, 0.4) is 0 Å². The zero-order valence-electron chi connectivity index (χ0n) is 13.3. The Balaban J connectivity index is 0.00000208. The maximum absolute atomic E-state index is 12.5. The maximum Gasteiger partial charge on any atom is 0.573 e. The number of alkyl halides is 3. The van der Waals surface area contributed by atoms with Crippen LogP contribution in [-0.4, -0.2) is 31.0 Å². The van der Waals surface area contributed by atoms with E-state index in [1.54, 1.807) is 18.2 Å². The summed E-state index contributed by atoms with van der Waals surface area (Å²) >= 11 is 0. The molecular formula is C16H21F3IN3O. The van der Waals surface area contributed by atoms with Crippen LogP contribution < -0.4 is 15.4 Å². The third-order valence-corrected chi connectivity index (χ3v) is 3.89. The first kappa shape index (κ1) is 19.1. The highest BCUT2D eigenvalue weighted by Crippen LogP contribution is 2.45. The highest BCUT2D eigenvalue weighted by molar-refractivity contribution is 14.0. The molecule has 2 atom stereocenters. The van der Waals surface area contributed by atoms with E-state index >= 15 is 0 Å². The average molecular weight is 455 g/mol. The third-order valence-electron chi connectivity index (χ3n) is 3.89. The van der Waals surface area contributed by atoms with Gasteiger partial charge in [-0.2, -0.15) is 0 Å². The van der Waals surface area contributed by atoms with E-state index in [1.807, 2.05) is 6.92 Å². The predicted molar refractivity (Wildman–Crippen MR) is 97.0 cm³/mol. The lowest BCUT2D eigenvalue weighted by atomic mass is 10.1. The smallest absolute Gasteiger partial charge is 0.405 e. The summed E-state index contributed by atoms with van der Waals surface area (Å²) in [6.45, 7) is 2.61. The molecule has 2 unspecified atom stereocenters. The van der Waals surface area contributed by atoms with Gasteiger partial charge in [-0.1, -0.05) is 18.2 Å². The lowest BCUT2D eigenvalue weighted by Gasteiger charge is -2.14. The minimum Gasteiger partial charge on any atom is -0.405 e. The Bertz CT molecular complexity index is 590. The van der Waals surface area contributed by atoms with Crippen LogP contribution in [0.25, 0.3) is 0 Å². The number of para-hydroxylation sites is 1. The molecule has 2 aliphatic rings. The van der Waals surface area contributed by atoms with Gasteiger partial charge in [-0.3, -0.25) is 4.99 Å². The van der Waals surface area contributed by atoms with Crippen molar-refractivity contribution in [3.63, 3.8) is 0 Å². The Hall–Kier alpha value is -1.19. The number of halogens is 4. The van der Waals surface area contributed by atoms with E-state index < -0.39 is 6.36 Å². The number of nitrogens with zero attached hydrogens (tertiary/aromatic N) is 1. The van der Waals surface area contributed by atoms with E-state index in [0.717, 1.165) is 25.2 Å². The molecule has 0 spiro atoms. The van der Waals surface area contributed by atoms with Crippen molar-refractivity contribution in [2.24, 2.45) is 4.99 Å². The average Bonchev–Trinajstić information content (AvgIpc) is 3.35. The van der Waals surface area contributed by atoms with Gasteiger partial charge in [0.05, 0.1) is 0 Å². The first-order chi connectivity index (χ1) is 11.0. The molecule has 2 saturated carbocycles. The molecule has 1 aromatic carbocycles.